The number of amides is 1. The van der Waals surface area contributed by atoms with Crippen LogP contribution in [0, 0.1) is 13.8 Å². The number of aromatic nitrogens is 3. The number of benzene rings is 2. The molecule has 2 aromatic heterocycles. The second-order valence-corrected chi connectivity index (χ2v) is 7.16. The molecule has 4 rings (SSSR count). The lowest BCUT2D eigenvalue weighted by Crippen LogP contribution is -2.19. The molecule has 2 aromatic carbocycles. The Morgan fingerprint density at radius 2 is 2.03 bits per heavy atom. The van der Waals surface area contributed by atoms with Gasteiger partial charge in [0.2, 0.25) is 5.91 Å². The van der Waals surface area contributed by atoms with Gasteiger partial charge in [-0.2, -0.15) is 5.10 Å². The summed E-state index contributed by atoms with van der Waals surface area (Å²) in [4.78, 5) is 11.5. The van der Waals surface area contributed by atoms with E-state index in [1.54, 1.807) is 13.2 Å². The SMILES string of the molecule is CNC(=O)CCn1ncc2cc(OCc3ccccc3-c3c(C)noc3C)ccc21. The third kappa shape index (κ3) is 3.91. The van der Waals surface area contributed by atoms with E-state index in [0.717, 1.165) is 44.8 Å². The van der Waals surface area contributed by atoms with Crippen molar-refractivity contribution >= 4 is 16.8 Å². The summed E-state index contributed by atoms with van der Waals surface area (Å²) >= 11 is 0. The largest absolute Gasteiger partial charge is 0.489 e. The lowest BCUT2D eigenvalue weighted by atomic mass is 9.99. The smallest absolute Gasteiger partial charge is 0.221 e. The van der Waals surface area contributed by atoms with E-state index >= 15 is 0 Å². The first kappa shape index (κ1) is 19.7. The predicted octanol–water partition coefficient (Wildman–Crippen LogP) is 4.02. The fourth-order valence-corrected chi connectivity index (χ4v) is 3.58. The van der Waals surface area contributed by atoms with E-state index in [1.165, 1.54) is 0 Å². The van der Waals surface area contributed by atoms with Crippen molar-refractivity contribution in [2.24, 2.45) is 0 Å². The van der Waals surface area contributed by atoms with Crippen LogP contribution in [0.4, 0.5) is 0 Å². The van der Waals surface area contributed by atoms with E-state index in [4.69, 9.17) is 9.26 Å². The van der Waals surface area contributed by atoms with Crippen LogP contribution in [0.1, 0.15) is 23.4 Å². The van der Waals surface area contributed by atoms with Crippen molar-refractivity contribution in [3.63, 3.8) is 0 Å². The van der Waals surface area contributed by atoms with Crippen molar-refractivity contribution in [1.29, 1.82) is 0 Å². The Bertz CT molecular complexity index is 1170. The van der Waals surface area contributed by atoms with Gasteiger partial charge in [-0.15, -0.1) is 0 Å². The number of carbonyl (C=O) groups excluding carboxylic acids is 1. The highest BCUT2D eigenvalue weighted by Gasteiger charge is 2.15. The van der Waals surface area contributed by atoms with Crippen LogP contribution >= 0.6 is 0 Å². The van der Waals surface area contributed by atoms with Crippen molar-refractivity contribution < 1.29 is 14.1 Å². The summed E-state index contributed by atoms with van der Waals surface area (Å²) in [5, 5.41) is 12.1. The highest BCUT2D eigenvalue weighted by atomic mass is 16.5. The zero-order valence-electron chi connectivity index (χ0n) is 17.3. The van der Waals surface area contributed by atoms with Gasteiger partial charge in [-0.05, 0) is 43.2 Å². The molecular formula is C23H24N4O3. The highest BCUT2D eigenvalue weighted by molar-refractivity contribution is 5.81. The van der Waals surface area contributed by atoms with Crippen molar-refractivity contribution in [2.45, 2.75) is 33.4 Å². The number of ether oxygens (including phenoxy) is 1. The van der Waals surface area contributed by atoms with Gasteiger partial charge in [0.15, 0.2) is 0 Å². The molecule has 0 radical (unpaired) electrons. The van der Waals surface area contributed by atoms with E-state index < -0.39 is 0 Å². The molecule has 0 fully saturated rings. The third-order valence-corrected chi connectivity index (χ3v) is 5.16. The number of aryl methyl sites for hydroxylation is 3. The Morgan fingerprint density at radius 3 is 2.80 bits per heavy atom. The van der Waals surface area contributed by atoms with Gasteiger partial charge in [-0.1, -0.05) is 29.4 Å². The maximum absolute atomic E-state index is 11.5. The molecule has 0 spiro atoms. The van der Waals surface area contributed by atoms with E-state index in [1.807, 2.05) is 48.9 Å². The predicted molar refractivity (Wildman–Crippen MR) is 114 cm³/mol. The highest BCUT2D eigenvalue weighted by Crippen LogP contribution is 2.31. The topological polar surface area (TPSA) is 82.2 Å². The summed E-state index contributed by atoms with van der Waals surface area (Å²) in [5.41, 5.74) is 4.99. The molecular weight excluding hydrogens is 380 g/mol. The Kier molecular flexibility index (Phi) is 5.52. The lowest BCUT2D eigenvalue weighted by molar-refractivity contribution is -0.120. The second kappa shape index (κ2) is 8.41. The van der Waals surface area contributed by atoms with Gasteiger partial charge in [-0.25, -0.2) is 0 Å². The fourth-order valence-electron chi connectivity index (χ4n) is 3.58. The van der Waals surface area contributed by atoms with Gasteiger partial charge < -0.3 is 14.6 Å². The number of carbonyl (C=O) groups is 1. The van der Waals surface area contributed by atoms with Crippen molar-refractivity contribution in [3.05, 3.63) is 65.7 Å². The normalized spacial score (nSPS) is 11.0. The van der Waals surface area contributed by atoms with Crippen LogP contribution in [0.3, 0.4) is 0 Å². The van der Waals surface area contributed by atoms with E-state index in [9.17, 15) is 4.79 Å². The minimum atomic E-state index is -0.00411. The molecule has 0 saturated heterocycles. The maximum atomic E-state index is 11.5. The van der Waals surface area contributed by atoms with Crippen LogP contribution in [0.25, 0.3) is 22.0 Å². The van der Waals surface area contributed by atoms with Crippen LogP contribution in [-0.4, -0.2) is 27.9 Å². The van der Waals surface area contributed by atoms with Gasteiger partial charge in [0, 0.05) is 24.4 Å². The van der Waals surface area contributed by atoms with Crippen LogP contribution in [0.15, 0.2) is 53.2 Å². The number of fused-ring (bicyclic) bond motifs is 1. The molecule has 0 atom stereocenters. The molecule has 0 saturated carbocycles. The molecule has 1 N–H and O–H groups in total. The molecule has 7 heteroatoms. The molecule has 0 aliphatic rings. The van der Waals surface area contributed by atoms with E-state index in [2.05, 4.69) is 27.7 Å². The summed E-state index contributed by atoms with van der Waals surface area (Å²) in [6.45, 7) is 4.83. The average Bonchev–Trinajstić information content (AvgIpc) is 3.32. The van der Waals surface area contributed by atoms with Gasteiger partial charge in [-0.3, -0.25) is 9.48 Å². The van der Waals surface area contributed by atoms with Gasteiger partial charge >= 0.3 is 0 Å². The Hall–Kier alpha value is -3.61. The minimum Gasteiger partial charge on any atom is -0.489 e. The Labute approximate surface area is 174 Å². The molecule has 4 aromatic rings. The zero-order valence-corrected chi connectivity index (χ0v) is 17.3. The number of nitrogens with zero attached hydrogens (tertiary/aromatic N) is 3. The molecule has 0 bridgehead atoms. The quantitative estimate of drug-likeness (QED) is 0.503. The molecule has 30 heavy (non-hydrogen) atoms. The summed E-state index contributed by atoms with van der Waals surface area (Å²) < 4.78 is 13.3. The van der Waals surface area contributed by atoms with E-state index in [0.29, 0.717) is 19.6 Å². The van der Waals surface area contributed by atoms with Gasteiger partial charge in [0.05, 0.1) is 24.0 Å². The van der Waals surface area contributed by atoms with Crippen molar-refractivity contribution in [1.82, 2.24) is 20.3 Å². The number of hydrogen-bond donors (Lipinski definition) is 1. The summed E-state index contributed by atoms with van der Waals surface area (Å²) in [7, 11) is 1.64. The van der Waals surface area contributed by atoms with Crippen LogP contribution in [0.5, 0.6) is 5.75 Å². The zero-order chi connectivity index (χ0) is 21.1. The number of nitrogens with one attached hydrogen (secondary N) is 1. The molecule has 0 aliphatic carbocycles. The molecule has 2 heterocycles. The molecule has 0 unspecified atom stereocenters. The fraction of sp³-hybridized carbons (Fsp3) is 0.261. The Balaban J connectivity index is 1.52. The second-order valence-electron chi connectivity index (χ2n) is 7.16. The maximum Gasteiger partial charge on any atom is 0.221 e. The first-order chi connectivity index (χ1) is 14.6. The van der Waals surface area contributed by atoms with Gasteiger partial charge in [0.25, 0.3) is 0 Å². The number of rotatable bonds is 7. The monoisotopic (exact) mass is 404 g/mol. The summed E-state index contributed by atoms with van der Waals surface area (Å²) in [6.07, 6.45) is 2.19. The van der Waals surface area contributed by atoms with Crippen LogP contribution < -0.4 is 10.1 Å². The number of hydrogen-bond acceptors (Lipinski definition) is 5. The average molecular weight is 404 g/mol. The van der Waals surface area contributed by atoms with Crippen molar-refractivity contribution in [3.8, 4) is 16.9 Å². The summed E-state index contributed by atoms with van der Waals surface area (Å²) in [6, 6.07) is 14.0. The minimum absolute atomic E-state index is 0.00411. The molecule has 1 amide bonds. The van der Waals surface area contributed by atoms with E-state index in [-0.39, 0.29) is 5.91 Å². The summed E-state index contributed by atoms with van der Waals surface area (Å²) in [5.74, 6) is 1.56. The molecule has 0 aliphatic heterocycles. The lowest BCUT2D eigenvalue weighted by Gasteiger charge is -2.11. The first-order valence-corrected chi connectivity index (χ1v) is 9.87. The first-order valence-electron chi connectivity index (χ1n) is 9.87. The molecule has 7 nitrogen and oxygen atoms in total. The molecule has 154 valence electrons. The third-order valence-electron chi connectivity index (χ3n) is 5.16. The Morgan fingerprint density at radius 1 is 1.20 bits per heavy atom. The van der Waals surface area contributed by atoms with Gasteiger partial charge in [0.1, 0.15) is 18.1 Å². The van der Waals surface area contributed by atoms with Crippen molar-refractivity contribution in [2.75, 3.05) is 7.05 Å². The van der Waals surface area contributed by atoms with Crippen LogP contribution in [-0.2, 0) is 17.9 Å². The van der Waals surface area contributed by atoms with Crippen LogP contribution in [0.2, 0.25) is 0 Å². The standard InChI is InChI=1S/C23H24N4O3/c1-15-23(16(2)30-26-15)20-7-5-4-6-17(20)14-29-19-8-9-21-18(12-19)13-25-27(21)11-10-22(28)24-3/h4-9,12-13H,10-11,14H2,1-3H3,(H,24,28).